The summed E-state index contributed by atoms with van der Waals surface area (Å²) in [6.45, 7) is 0. The maximum absolute atomic E-state index is 12.8. The van der Waals surface area contributed by atoms with Gasteiger partial charge in [0.05, 0.1) is 27.5 Å². The molecule has 7 heteroatoms. The molecule has 0 bridgehead atoms. The van der Waals surface area contributed by atoms with Gasteiger partial charge in [0.25, 0.3) is 5.91 Å². The third kappa shape index (κ3) is 3.81. The fraction of sp³-hybridized carbons (Fsp3) is 0.176. The Morgan fingerprint density at radius 1 is 1.00 bits per heavy atom. The first-order valence-electron chi connectivity index (χ1n) is 6.98. The van der Waals surface area contributed by atoms with Crippen LogP contribution in [-0.2, 0) is 0 Å². The van der Waals surface area contributed by atoms with Gasteiger partial charge in [-0.15, -0.1) is 0 Å². The first kappa shape index (κ1) is 17.3. The smallest absolute Gasteiger partial charge is 0.271 e. The number of halogens is 1. The van der Waals surface area contributed by atoms with Crippen molar-refractivity contribution >= 4 is 12.1 Å². The van der Waals surface area contributed by atoms with Gasteiger partial charge in [-0.25, -0.2) is 9.82 Å². The molecule has 0 aliphatic heterocycles. The SMILES string of the molecule is COc1ccc(C=NNC(=O)c2ccc(F)cc2)c(OC)c1OC. The van der Waals surface area contributed by atoms with E-state index in [0.717, 1.165) is 0 Å². The number of carbonyl (C=O) groups excluding carboxylic acids is 1. The molecular formula is C17H17FN2O4. The Balaban J connectivity index is 2.17. The number of amides is 1. The molecule has 0 atom stereocenters. The van der Waals surface area contributed by atoms with Crippen molar-refractivity contribution in [2.75, 3.05) is 21.3 Å². The largest absolute Gasteiger partial charge is 0.493 e. The van der Waals surface area contributed by atoms with Gasteiger partial charge in [-0.2, -0.15) is 5.10 Å². The second kappa shape index (κ2) is 7.96. The fourth-order valence-electron chi connectivity index (χ4n) is 2.05. The third-order valence-electron chi connectivity index (χ3n) is 3.21. The molecule has 126 valence electrons. The van der Waals surface area contributed by atoms with Crippen LogP contribution in [0.3, 0.4) is 0 Å². The van der Waals surface area contributed by atoms with Crippen LogP contribution < -0.4 is 19.6 Å². The minimum absolute atomic E-state index is 0.299. The first-order chi connectivity index (χ1) is 11.6. The van der Waals surface area contributed by atoms with Crippen LogP contribution >= 0.6 is 0 Å². The standard InChI is InChI=1S/C17H17FN2O4/c1-22-14-9-6-12(15(23-2)16(14)24-3)10-19-20-17(21)11-4-7-13(18)8-5-11/h4-10H,1-3H3,(H,20,21). The zero-order valence-corrected chi connectivity index (χ0v) is 13.5. The quantitative estimate of drug-likeness (QED) is 0.652. The van der Waals surface area contributed by atoms with Crippen molar-refractivity contribution in [1.29, 1.82) is 0 Å². The number of methoxy groups -OCH3 is 3. The van der Waals surface area contributed by atoms with E-state index >= 15 is 0 Å². The van der Waals surface area contributed by atoms with Gasteiger partial charge in [0, 0.05) is 11.1 Å². The lowest BCUT2D eigenvalue weighted by atomic mass is 10.2. The second-order valence-electron chi connectivity index (χ2n) is 4.63. The molecule has 0 aliphatic rings. The average molecular weight is 332 g/mol. The first-order valence-corrected chi connectivity index (χ1v) is 6.98. The highest BCUT2D eigenvalue weighted by Gasteiger charge is 2.14. The highest BCUT2D eigenvalue weighted by molar-refractivity contribution is 5.95. The summed E-state index contributed by atoms with van der Waals surface area (Å²) in [5, 5.41) is 3.89. The van der Waals surface area contributed by atoms with E-state index in [-0.39, 0.29) is 0 Å². The Morgan fingerprint density at radius 3 is 2.25 bits per heavy atom. The molecule has 0 aliphatic carbocycles. The summed E-state index contributed by atoms with van der Waals surface area (Å²) < 4.78 is 28.6. The van der Waals surface area contributed by atoms with E-state index in [1.165, 1.54) is 51.8 Å². The molecule has 2 rings (SSSR count). The molecule has 0 aromatic heterocycles. The van der Waals surface area contributed by atoms with Crippen molar-refractivity contribution in [2.45, 2.75) is 0 Å². The predicted molar refractivity (Wildman–Crippen MR) is 87.6 cm³/mol. The van der Waals surface area contributed by atoms with Crippen LogP contribution in [0.25, 0.3) is 0 Å². The molecule has 0 fully saturated rings. The number of nitrogens with zero attached hydrogens (tertiary/aromatic N) is 1. The monoisotopic (exact) mass is 332 g/mol. The number of benzene rings is 2. The zero-order valence-electron chi connectivity index (χ0n) is 13.5. The molecule has 0 saturated heterocycles. The maximum atomic E-state index is 12.8. The molecule has 2 aromatic rings. The van der Waals surface area contributed by atoms with Crippen molar-refractivity contribution in [3.63, 3.8) is 0 Å². The van der Waals surface area contributed by atoms with Crippen LogP contribution in [0.15, 0.2) is 41.5 Å². The number of ether oxygens (including phenoxy) is 3. The van der Waals surface area contributed by atoms with E-state index in [9.17, 15) is 9.18 Å². The van der Waals surface area contributed by atoms with Crippen LogP contribution in [0.4, 0.5) is 4.39 Å². The minimum Gasteiger partial charge on any atom is -0.493 e. The van der Waals surface area contributed by atoms with Crippen LogP contribution in [0, 0.1) is 5.82 Å². The number of hydrogen-bond acceptors (Lipinski definition) is 5. The Hall–Kier alpha value is -3.09. The summed E-state index contributed by atoms with van der Waals surface area (Å²) >= 11 is 0. The number of hydrazone groups is 1. The fourth-order valence-corrected chi connectivity index (χ4v) is 2.05. The minimum atomic E-state index is -0.453. The lowest BCUT2D eigenvalue weighted by Crippen LogP contribution is -2.17. The topological polar surface area (TPSA) is 69.2 Å². The molecule has 2 aromatic carbocycles. The van der Waals surface area contributed by atoms with Gasteiger partial charge in [0.2, 0.25) is 5.75 Å². The van der Waals surface area contributed by atoms with E-state index in [1.807, 2.05) is 0 Å². The summed E-state index contributed by atoms with van der Waals surface area (Å²) in [4.78, 5) is 11.9. The van der Waals surface area contributed by atoms with E-state index < -0.39 is 11.7 Å². The van der Waals surface area contributed by atoms with E-state index in [1.54, 1.807) is 12.1 Å². The summed E-state index contributed by atoms with van der Waals surface area (Å²) in [7, 11) is 4.51. The number of hydrogen-bond donors (Lipinski definition) is 1. The molecule has 6 nitrogen and oxygen atoms in total. The maximum Gasteiger partial charge on any atom is 0.271 e. The van der Waals surface area contributed by atoms with E-state index in [4.69, 9.17) is 14.2 Å². The number of carbonyl (C=O) groups is 1. The molecule has 0 unspecified atom stereocenters. The van der Waals surface area contributed by atoms with E-state index in [2.05, 4.69) is 10.5 Å². The lowest BCUT2D eigenvalue weighted by molar-refractivity contribution is 0.0955. The van der Waals surface area contributed by atoms with Gasteiger partial charge in [0.15, 0.2) is 11.5 Å². The number of rotatable bonds is 6. The molecule has 24 heavy (non-hydrogen) atoms. The summed E-state index contributed by atoms with van der Waals surface area (Å²) in [5.41, 5.74) is 3.26. The van der Waals surface area contributed by atoms with Gasteiger partial charge in [-0.3, -0.25) is 4.79 Å². The predicted octanol–water partition coefficient (Wildman–Crippen LogP) is 2.62. The van der Waals surface area contributed by atoms with Gasteiger partial charge in [-0.05, 0) is 36.4 Å². The average Bonchev–Trinajstić information content (AvgIpc) is 2.61. The van der Waals surface area contributed by atoms with Gasteiger partial charge in [0.1, 0.15) is 5.82 Å². The second-order valence-corrected chi connectivity index (χ2v) is 4.63. The van der Waals surface area contributed by atoms with Crippen molar-refractivity contribution in [1.82, 2.24) is 5.43 Å². The van der Waals surface area contributed by atoms with Crippen LogP contribution in [-0.4, -0.2) is 33.5 Å². The van der Waals surface area contributed by atoms with Gasteiger partial charge >= 0.3 is 0 Å². The molecule has 0 heterocycles. The Kier molecular flexibility index (Phi) is 5.73. The molecule has 1 amide bonds. The van der Waals surface area contributed by atoms with Crippen LogP contribution in [0.1, 0.15) is 15.9 Å². The van der Waals surface area contributed by atoms with Crippen LogP contribution in [0.5, 0.6) is 17.2 Å². The molecular weight excluding hydrogens is 315 g/mol. The third-order valence-corrected chi connectivity index (χ3v) is 3.21. The number of nitrogens with one attached hydrogen (secondary N) is 1. The summed E-state index contributed by atoms with van der Waals surface area (Å²) in [5.74, 6) is 0.503. The summed E-state index contributed by atoms with van der Waals surface area (Å²) in [6, 6.07) is 8.57. The Morgan fingerprint density at radius 2 is 1.67 bits per heavy atom. The Labute approximate surface area is 138 Å². The molecule has 0 saturated carbocycles. The van der Waals surface area contributed by atoms with E-state index in [0.29, 0.717) is 28.4 Å². The zero-order chi connectivity index (χ0) is 17.5. The molecule has 0 spiro atoms. The molecule has 0 radical (unpaired) electrons. The van der Waals surface area contributed by atoms with Crippen molar-refractivity contribution in [3.05, 3.63) is 53.3 Å². The lowest BCUT2D eigenvalue weighted by Gasteiger charge is -2.13. The molecule has 1 N–H and O–H groups in total. The normalized spacial score (nSPS) is 10.5. The highest BCUT2D eigenvalue weighted by atomic mass is 19.1. The van der Waals surface area contributed by atoms with Crippen molar-refractivity contribution in [2.24, 2.45) is 5.10 Å². The van der Waals surface area contributed by atoms with Gasteiger partial charge < -0.3 is 14.2 Å². The van der Waals surface area contributed by atoms with Crippen LogP contribution in [0.2, 0.25) is 0 Å². The summed E-state index contributed by atoms with van der Waals surface area (Å²) in [6.07, 6.45) is 1.42. The highest BCUT2D eigenvalue weighted by Crippen LogP contribution is 2.38. The Bertz CT molecular complexity index is 745. The van der Waals surface area contributed by atoms with Crippen molar-refractivity contribution < 1.29 is 23.4 Å². The van der Waals surface area contributed by atoms with Crippen molar-refractivity contribution in [3.8, 4) is 17.2 Å². The van der Waals surface area contributed by atoms with Gasteiger partial charge in [-0.1, -0.05) is 0 Å².